The molecule has 0 fully saturated rings. The Kier molecular flexibility index (Phi) is 8.27. The van der Waals surface area contributed by atoms with Crippen molar-refractivity contribution in [3.05, 3.63) is 222 Å². The van der Waals surface area contributed by atoms with E-state index in [4.69, 9.17) is 0 Å². The second-order valence-electron chi connectivity index (χ2n) is 16.9. The molecule has 2 aliphatic carbocycles. The summed E-state index contributed by atoms with van der Waals surface area (Å²) < 4.78 is 0. The molecule has 0 atom stereocenters. The molecule has 11 rings (SSSR count). The van der Waals surface area contributed by atoms with Crippen LogP contribution < -0.4 is 4.90 Å². The molecule has 0 unspecified atom stereocenters. The highest BCUT2D eigenvalue weighted by Crippen LogP contribution is 2.52. The van der Waals surface area contributed by atoms with Crippen molar-refractivity contribution in [2.24, 2.45) is 0 Å². The molecule has 0 aliphatic heterocycles. The minimum atomic E-state index is -0.122. The Morgan fingerprint density at radius 3 is 1.66 bits per heavy atom. The number of aryl methyl sites for hydroxylation is 3. The molecule has 9 aromatic rings. The van der Waals surface area contributed by atoms with E-state index in [9.17, 15) is 0 Å². The van der Waals surface area contributed by atoms with Gasteiger partial charge in [0.15, 0.2) is 0 Å². The molecule has 282 valence electrons. The molecule has 2 aliphatic rings. The van der Waals surface area contributed by atoms with Gasteiger partial charge in [-0.2, -0.15) is 0 Å². The summed E-state index contributed by atoms with van der Waals surface area (Å²) in [6.07, 6.45) is 1.95. The third-order valence-corrected chi connectivity index (χ3v) is 13.1. The first-order valence-corrected chi connectivity index (χ1v) is 21.0. The standard InChI is InChI=1S/C58H45N/c1-38-35-42(48-25-14-18-39-15-4-7-19-45(39)48)29-34-57(38)59(44-31-33-53-52-24-12-13-26-55(52)58(2,3)56(53)37-44)43-30-32-51-50-23-11-10-22-49(50)46-20-8-5-16-40(46)27-28-41-17-6-9-21-47(41)54(51)36-43/h4-26,29-37H,27-28H2,1-3H3. The van der Waals surface area contributed by atoms with Gasteiger partial charge in [0, 0.05) is 22.5 Å². The minimum absolute atomic E-state index is 0.122. The number of hydrogen-bond donors (Lipinski definition) is 0. The molecular weight excluding hydrogens is 711 g/mol. The van der Waals surface area contributed by atoms with Crippen LogP contribution >= 0.6 is 0 Å². The van der Waals surface area contributed by atoms with Crippen molar-refractivity contribution in [3.8, 4) is 55.6 Å². The van der Waals surface area contributed by atoms with Crippen LogP contribution in [0.3, 0.4) is 0 Å². The quantitative estimate of drug-likeness (QED) is 0.173. The zero-order valence-corrected chi connectivity index (χ0v) is 33.8. The molecule has 0 N–H and O–H groups in total. The maximum Gasteiger partial charge on any atom is 0.0491 e. The van der Waals surface area contributed by atoms with Crippen LogP contribution in [0.4, 0.5) is 17.1 Å². The average molecular weight is 756 g/mol. The maximum absolute atomic E-state index is 2.50. The van der Waals surface area contributed by atoms with Gasteiger partial charge in [-0.3, -0.25) is 0 Å². The molecule has 0 aromatic heterocycles. The summed E-state index contributed by atoms with van der Waals surface area (Å²) >= 11 is 0. The zero-order valence-electron chi connectivity index (χ0n) is 33.8. The van der Waals surface area contributed by atoms with Crippen molar-refractivity contribution in [1.29, 1.82) is 0 Å². The van der Waals surface area contributed by atoms with Crippen molar-refractivity contribution >= 4 is 27.8 Å². The predicted octanol–water partition coefficient (Wildman–Crippen LogP) is 15.7. The van der Waals surface area contributed by atoms with E-state index in [1.54, 1.807) is 0 Å². The van der Waals surface area contributed by atoms with Gasteiger partial charge in [-0.05, 0) is 150 Å². The van der Waals surface area contributed by atoms with E-state index in [1.807, 2.05) is 0 Å². The van der Waals surface area contributed by atoms with Gasteiger partial charge in [0.1, 0.15) is 0 Å². The Hall–Kier alpha value is -6.96. The van der Waals surface area contributed by atoms with E-state index in [2.05, 4.69) is 220 Å². The van der Waals surface area contributed by atoms with Gasteiger partial charge in [0.25, 0.3) is 0 Å². The molecule has 1 heteroatoms. The first-order valence-electron chi connectivity index (χ1n) is 21.0. The molecule has 0 bridgehead atoms. The maximum atomic E-state index is 2.50. The Balaban J connectivity index is 1.14. The van der Waals surface area contributed by atoms with E-state index < -0.39 is 0 Å². The number of hydrogen-bond acceptors (Lipinski definition) is 1. The van der Waals surface area contributed by atoms with Crippen LogP contribution in [-0.2, 0) is 18.3 Å². The smallest absolute Gasteiger partial charge is 0.0491 e. The Bertz CT molecular complexity index is 3100. The first-order chi connectivity index (χ1) is 28.9. The summed E-state index contributed by atoms with van der Waals surface area (Å²) in [5, 5.41) is 2.53. The lowest BCUT2D eigenvalue weighted by Gasteiger charge is -2.30. The van der Waals surface area contributed by atoms with Gasteiger partial charge in [0.2, 0.25) is 0 Å². The van der Waals surface area contributed by atoms with Crippen molar-refractivity contribution in [2.75, 3.05) is 4.90 Å². The summed E-state index contributed by atoms with van der Waals surface area (Å²) in [4.78, 5) is 2.50. The number of fused-ring (bicyclic) bond motifs is 11. The Morgan fingerprint density at radius 2 is 0.915 bits per heavy atom. The van der Waals surface area contributed by atoms with E-state index in [-0.39, 0.29) is 5.41 Å². The topological polar surface area (TPSA) is 3.24 Å². The third kappa shape index (κ3) is 5.76. The average Bonchev–Trinajstić information content (AvgIpc) is 3.51. The number of nitrogens with zero attached hydrogens (tertiary/aromatic N) is 1. The lowest BCUT2D eigenvalue weighted by atomic mass is 9.82. The molecule has 0 saturated heterocycles. The normalized spacial score (nSPS) is 13.3. The van der Waals surface area contributed by atoms with Crippen LogP contribution in [-0.4, -0.2) is 0 Å². The minimum Gasteiger partial charge on any atom is -0.310 e. The molecule has 1 nitrogen and oxygen atoms in total. The van der Waals surface area contributed by atoms with Gasteiger partial charge in [-0.15, -0.1) is 0 Å². The molecule has 0 amide bonds. The molecular formula is C58H45N. The van der Waals surface area contributed by atoms with Gasteiger partial charge < -0.3 is 4.90 Å². The van der Waals surface area contributed by atoms with E-state index in [0.717, 1.165) is 24.2 Å². The van der Waals surface area contributed by atoms with Crippen molar-refractivity contribution < 1.29 is 0 Å². The lowest BCUT2D eigenvalue weighted by molar-refractivity contribution is 0.660. The highest BCUT2D eigenvalue weighted by molar-refractivity contribution is 5.99. The highest BCUT2D eigenvalue weighted by Gasteiger charge is 2.36. The number of benzene rings is 9. The third-order valence-electron chi connectivity index (χ3n) is 13.1. The van der Waals surface area contributed by atoms with Crippen LogP contribution in [0.2, 0.25) is 0 Å². The van der Waals surface area contributed by atoms with Crippen molar-refractivity contribution in [3.63, 3.8) is 0 Å². The summed E-state index contributed by atoms with van der Waals surface area (Å²) in [6, 6.07) is 72.7. The van der Waals surface area contributed by atoms with Crippen LogP contribution in [0.1, 0.15) is 41.7 Å². The van der Waals surface area contributed by atoms with Crippen molar-refractivity contribution in [1.82, 2.24) is 0 Å². The number of rotatable bonds is 4. The monoisotopic (exact) mass is 755 g/mol. The fourth-order valence-electron chi connectivity index (χ4n) is 10.2. The molecule has 0 saturated carbocycles. The van der Waals surface area contributed by atoms with Gasteiger partial charge in [0.05, 0.1) is 0 Å². The van der Waals surface area contributed by atoms with E-state index >= 15 is 0 Å². The Morgan fingerprint density at radius 1 is 0.390 bits per heavy atom. The lowest BCUT2D eigenvalue weighted by Crippen LogP contribution is -2.17. The van der Waals surface area contributed by atoms with Crippen LogP contribution in [0.25, 0.3) is 66.4 Å². The fraction of sp³-hybridized carbons (Fsp3) is 0.103. The molecule has 0 heterocycles. The van der Waals surface area contributed by atoms with Crippen molar-refractivity contribution in [2.45, 2.75) is 39.0 Å². The SMILES string of the molecule is Cc1cc(-c2cccc3ccccc23)ccc1N(c1ccc2c(c1)-c1ccccc1CCc1ccccc1-c1ccccc1-2)c1ccc2c(c1)C(C)(C)c1ccccc1-2. The van der Waals surface area contributed by atoms with E-state index in [1.165, 1.54) is 99.9 Å². The first kappa shape index (κ1) is 35.2. The molecule has 59 heavy (non-hydrogen) atoms. The highest BCUT2D eigenvalue weighted by atomic mass is 15.1. The molecule has 0 radical (unpaired) electrons. The summed E-state index contributed by atoms with van der Waals surface area (Å²) in [5.74, 6) is 0. The largest absolute Gasteiger partial charge is 0.310 e. The van der Waals surface area contributed by atoms with E-state index in [0.29, 0.717) is 0 Å². The fourth-order valence-corrected chi connectivity index (χ4v) is 10.2. The van der Waals surface area contributed by atoms with Gasteiger partial charge >= 0.3 is 0 Å². The van der Waals surface area contributed by atoms with Crippen LogP contribution in [0, 0.1) is 6.92 Å². The molecule has 9 aromatic carbocycles. The summed E-state index contributed by atoms with van der Waals surface area (Å²) in [5.41, 5.74) is 22.9. The van der Waals surface area contributed by atoms with Gasteiger partial charge in [-0.25, -0.2) is 0 Å². The summed E-state index contributed by atoms with van der Waals surface area (Å²) in [7, 11) is 0. The zero-order chi connectivity index (χ0) is 39.7. The van der Waals surface area contributed by atoms with Gasteiger partial charge in [-0.1, -0.05) is 172 Å². The number of anilines is 3. The van der Waals surface area contributed by atoms with Crippen LogP contribution in [0.15, 0.2) is 194 Å². The second kappa shape index (κ2) is 13.9. The van der Waals surface area contributed by atoms with Crippen LogP contribution in [0.5, 0.6) is 0 Å². The second-order valence-corrected chi connectivity index (χ2v) is 16.9. The summed E-state index contributed by atoms with van der Waals surface area (Å²) in [6.45, 7) is 7.02. The predicted molar refractivity (Wildman–Crippen MR) is 250 cm³/mol. The molecule has 0 spiro atoms. The Labute approximate surface area is 347 Å².